The summed E-state index contributed by atoms with van der Waals surface area (Å²) in [5.74, 6) is 0. The van der Waals surface area contributed by atoms with E-state index in [0.717, 1.165) is 25.9 Å². The van der Waals surface area contributed by atoms with Crippen molar-refractivity contribution >= 4 is 0 Å². The van der Waals surface area contributed by atoms with E-state index in [2.05, 4.69) is 31.0 Å². The predicted octanol–water partition coefficient (Wildman–Crippen LogP) is 2.42. The fourth-order valence-corrected chi connectivity index (χ4v) is 2.70. The summed E-state index contributed by atoms with van der Waals surface area (Å²) >= 11 is 0. The zero-order chi connectivity index (χ0) is 14.5. The van der Waals surface area contributed by atoms with E-state index < -0.39 is 12.8 Å². The summed E-state index contributed by atoms with van der Waals surface area (Å²) in [5, 5.41) is 3.46. The highest BCUT2D eigenvalue weighted by atomic mass is 19.4. The third-order valence-electron chi connectivity index (χ3n) is 4.03. The lowest BCUT2D eigenvalue weighted by molar-refractivity contribution is -0.175. The molecular formula is C13H25F3N2O. The summed E-state index contributed by atoms with van der Waals surface area (Å²) in [7, 11) is 0. The fraction of sp³-hybridized carbons (Fsp3) is 1.00. The standard InChI is InChI=1S/C13H25F3N2O/c1-4-12(5-2)9-17-11(3)8-18(12)6-7-19-10-13(14,15)16/h11,17H,4-10H2,1-3H3. The molecular weight excluding hydrogens is 257 g/mol. The van der Waals surface area contributed by atoms with Crippen LogP contribution in [0.2, 0.25) is 0 Å². The Balaban J connectivity index is 2.47. The summed E-state index contributed by atoms with van der Waals surface area (Å²) in [6.07, 6.45) is -2.26. The lowest BCUT2D eigenvalue weighted by Gasteiger charge is -2.49. The first-order valence-corrected chi connectivity index (χ1v) is 6.96. The van der Waals surface area contributed by atoms with Gasteiger partial charge >= 0.3 is 6.18 Å². The smallest absolute Gasteiger partial charge is 0.371 e. The van der Waals surface area contributed by atoms with Crippen LogP contribution < -0.4 is 5.32 Å². The maximum absolute atomic E-state index is 12.0. The first kappa shape index (κ1) is 16.7. The van der Waals surface area contributed by atoms with Gasteiger partial charge in [0.1, 0.15) is 6.61 Å². The maximum Gasteiger partial charge on any atom is 0.411 e. The molecule has 0 aromatic carbocycles. The minimum absolute atomic E-state index is 0.0497. The van der Waals surface area contributed by atoms with Gasteiger partial charge in [-0.1, -0.05) is 13.8 Å². The van der Waals surface area contributed by atoms with Crippen LogP contribution in [0.3, 0.4) is 0 Å². The van der Waals surface area contributed by atoms with Gasteiger partial charge < -0.3 is 10.1 Å². The van der Waals surface area contributed by atoms with Crippen LogP contribution in [0, 0.1) is 0 Å². The van der Waals surface area contributed by atoms with Crippen LogP contribution in [0.4, 0.5) is 13.2 Å². The molecule has 0 saturated carbocycles. The Hall–Kier alpha value is -0.330. The summed E-state index contributed by atoms with van der Waals surface area (Å²) in [6.45, 7) is 7.64. The number of ether oxygens (including phenoxy) is 1. The van der Waals surface area contributed by atoms with Gasteiger partial charge in [0.05, 0.1) is 6.61 Å². The molecule has 19 heavy (non-hydrogen) atoms. The number of nitrogens with zero attached hydrogens (tertiary/aromatic N) is 1. The van der Waals surface area contributed by atoms with Gasteiger partial charge in [0.25, 0.3) is 0 Å². The number of nitrogens with one attached hydrogen (secondary N) is 1. The predicted molar refractivity (Wildman–Crippen MR) is 69.2 cm³/mol. The molecule has 0 aromatic rings. The first-order chi connectivity index (χ1) is 8.83. The summed E-state index contributed by atoms with van der Waals surface area (Å²) in [5.41, 5.74) is 0.0497. The Kier molecular flexibility index (Phi) is 6.08. The van der Waals surface area contributed by atoms with E-state index in [9.17, 15) is 13.2 Å². The molecule has 114 valence electrons. The van der Waals surface area contributed by atoms with Crippen LogP contribution in [-0.2, 0) is 4.74 Å². The zero-order valence-corrected chi connectivity index (χ0v) is 12.0. The summed E-state index contributed by atoms with van der Waals surface area (Å²) in [4.78, 5) is 2.28. The average molecular weight is 282 g/mol. The molecule has 1 rings (SSSR count). The Morgan fingerprint density at radius 2 is 1.95 bits per heavy atom. The molecule has 1 atom stereocenters. The monoisotopic (exact) mass is 282 g/mol. The molecule has 0 radical (unpaired) electrons. The normalized spacial score (nSPS) is 24.6. The van der Waals surface area contributed by atoms with Crippen molar-refractivity contribution in [2.75, 3.05) is 32.8 Å². The van der Waals surface area contributed by atoms with Gasteiger partial charge in [0, 0.05) is 31.2 Å². The molecule has 0 amide bonds. The number of alkyl halides is 3. The molecule has 1 aliphatic heterocycles. The van der Waals surface area contributed by atoms with E-state index in [1.165, 1.54) is 0 Å². The molecule has 1 unspecified atom stereocenters. The van der Waals surface area contributed by atoms with Crippen molar-refractivity contribution in [2.24, 2.45) is 0 Å². The topological polar surface area (TPSA) is 24.5 Å². The lowest BCUT2D eigenvalue weighted by atomic mass is 9.87. The fourth-order valence-electron chi connectivity index (χ4n) is 2.70. The number of hydrogen-bond donors (Lipinski definition) is 1. The van der Waals surface area contributed by atoms with Gasteiger partial charge in [-0.05, 0) is 19.8 Å². The molecule has 3 nitrogen and oxygen atoms in total. The van der Waals surface area contributed by atoms with E-state index in [4.69, 9.17) is 4.74 Å². The van der Waals surface area contributed by atoms with Gasteiger partial charge in [-0.25, -0.2) is 0 Å². The molecule has 1 aliphatic rings. The molecule has 1 fully saturated rings. The SMILES string of the molecule is CCC1(CC)CNC(C)CN1CCOCC(F)(F)F. The second kappa shape index (κ2) is 6.90. The van der Waals surface area contributed by atoms with Crippen molar-refractivity contribution in [3.8, 4) is 0 Å². The summed E-state index contributed by atoms with van der Waals surface area (Å²) < 4.78 is 40.8. The number of hydrogen-bond acceptors (Lipinski definition) is 3. The van der Waals surface area contributed by atoms with Crippen LogP contribution in [0.15, 0.2) is 0 Å². The van der Waals surface area contributed by atoms with Gasteiger partial charge in [-0.2, -0.15) is 13.2 Å². The Morgan fingerprint density at radius 3 is 2.47 bits per heavy atom. The third-order valence-corrected chi connectivity index (χ3v) is 4.03. The molecule has 1 N–H and O–H groups in total. The molecule has 1 saturated heterocycles. The largest absolute Gasteiger partial charge is 0.411 e. The highest BCUT2D eigenvalue weighted by Gasteiger charge is 2.37. The second-order valence-corrected chi connectivity index (χ2v) is 5.33. The number of piperazine rings is 1. The third kappa shape index (κ3) is 4.93. The van der Waals surface area contributed by atoms with E-state index >= 15 is 0 Å². The van der Waals surface area contributed by atoms with E-state index in [1.807, 2.05) is 0 Å². The molecule has 1 heterocycles. The molecule has 0 aliphatic carbocycles. The first-order valence-electron chi connectivity index (χ1n) is 6.96. The Labute approximate surface area is 113 Å². The molecule has 0 aromatic heterocycles. The lowest BCUT2D eigenvalue weighted by Crippen LogP contribution is -2.64. The Morgan fingerprint density at radius 1 is 1.32 bits per heavy atom. The quantitative estimate of drug-likeness (QED) is 0.757. The van der Waals surface area contributed by atoms with Gasteiger partial charge in [0.2, 0.25) is 0 Å². The van der Waals surface area contributed by atoms with Gasteiger partial charge in [-0.15, -0.1) is 0 Å². The number of halogens is 3. The van der Waals surface area contributed by atoms with Crippen molar-refractivity contribution in [3.05, 3.63) is 0 Å². The van der Waals surface area contributed by atoms with E-state index in [-0.39, 0.29) is 12.1 Å². The van der Waals surface area contributed by atoms with Crippen molar-refractivity contribution < 1.29 is 17.9 Å². The van der Waals surface area contributed by atoms with Crippen molar-refractivity contribution in [1.29, 1.82) is 0 Å². The van der Waals surface area contributed by atoms with Gasteiger partial charge in [-0.3, -0.25) is 4.90 Å². The number of rotatable bonds is 6. The van der Waals surface area contributed by atoms with Crippen molar-refractivity contribution in [3.63, 3.8) is 0 Å². The minimum Gasteiger partial charge on any atom is -0.371 e. The van der Waals surface area contributed by atoms with Crippen molar-refractivity contribution in [2.45, 2.75) is 51.4 Å². The minimum atomic E-state index is -4.23. The van der Waals surface area contributed by atoms with Crippen LogP contribution in [0.5, 0.6) is 0 Å². The van der Waals surface area contributed by atoms with Crippen LogP contribution in [0.1, 0.15) is 33.6 Å². The van der Waals surface area contributed by atoms with Crippen LogP contribution in [-0.4, -0.2) is 55.5 Å². The average Bonchev–Trinajstić information content (AvgIpc) is 2.34. The molecule has 0 bridgehead atoms. The summed E-state index contributed by atoms with van der Waals surface area (Å²) in [6, 6.07) is 0.369. The van der Waals surface area contributed by atoms with Crippen LogP contribution in [0.25, 0.3) is 0 Å². The Bertz CT molecular complexity index is 267. The van der Waals surface area contributed by atoms with Gasteiger partial charge in [0.15, 0.2) is 0 Å². The highest BCUT2D eigenvalue weighted by Crippen LogP contribution is 2.26. The second-order valence-electron chi connectivity index (χ2n) is 5.33. The highest BCUT2D eigenvalue weighted by molar-refractivity contribution is 4.96. The van der Waals surface area contributed by atoms with E-state index in [1.54, 1.807) is 0 Å². The van der Waals surface area contributed by atoms with Crippen molar-refractivity contribution in [1.82, 2.24) is 10.2 Å². The van der Waals surface area contributed by atoms with Crippen LogP contribution >= 0.6 is 0 Å². The molecule has 6 heteroatoms. The zero-order valence-electron chi connectivity index (χ0n) is 12.0. The maximum atomic E-state index is 12.0. The van der Waals surface area contributed by atoms with E-state index in [0.29, 0.717) is 12.6 Å². The molecule has 0 spiro atoms.